The number of hydrogen-bond donors (Lipinski definition) is 4. The monoisotopic (exact) mass is 170 g/mol. The molecule has 9 heavy (non-hydrogen) atoms. The molecule has 1 fully saturated rings. The van der Waals surface area contributed by atoms with Crippen molar-refractivity contribution in [3.63, 3.8) is 0 Å². The van der Waals surface area contributed by atoms with Crippen LogP contribution in [-0.4, -0.2) is 17.5 Å². The fraction of sp³-hybridized carbons (Fsp3) is 1.00. The smallest absolute Gasteiger partial charge is 0.139 e. The lowest BCUT2D eigenvalue weighted by Crippen LogP contribution is -2.66. The molecule has 0 aromatic heterocycles. The van der Waals surface area contributed by atoms with Gasteiger partial charge in [-0.2, -0.15) is 0 Å². The van der Waals surface area contributed by atoms with Gasteiger partial charge in [-0.25, -0.2) is 0 Å². The van der Waals surface area contributed by atoms with Crippen LogP contribution in [0, 0.1) is 0 Å². The first-order valence-electron chi connectivity index (χ1n) is 2.50. The molecule has 1 aliphatic heterocycles. The highest BCUT2D eigenvalue weighted by atomic mass is 35.5. The van der Waals surface area contributed by atoms with Crippen LogP contribution in [0.4, 0.5) is 0 Å². The molecule has 2 unspecified atom stereocenters. The number of nitrogens with two attached hydrogens (primary N) is 1. The summed E-state index contributed by atoms with van der Waals surface area (Å²) in [6.07, 6.45) is -0.337. The van der Waals surface area contributed by atoms with Crippen molar-refractivity contribution in [2.24, 2.45) is 5.73 Å². The fourth-order valence-corrected chi connectivity index (χ4v) is 1.18. The quantitative estimate of drug-likeness (QED) is 0.280. The van der Waals surface area contributed by atoms with Crippen molar-refractivity contribution < 1.29 is 0 Å². The Kier molecular flexibility index (Phi) is 2.51. The van der Waals surface area contributed by atoms with Gasteiger partial charge in [0, 0.05) is 0 Å². The molecule has 0 aliphatic carbocycles. The summed E-state index contributed by atoms with van der Waals surface area (Å²) < 4.78 is 0. The van der Waals surface area contributed by atoms with Crippen molar-refractivity contribution in [2.45, 2.75) is 17.5 Å². The Morgan fingerprint density at radius 1 is 1.00 bits per heavy atom. The molecule has 5 N–H and O–H groups in total. The predicted molar refractivity (Wildman–Crippen MR) is 36.7 cm³/mol. The maximum atomic E-state index is 5.58. The molecule has 0 bridgehead atoms. The van der Waals surface area contributed by atoms with Crippen LogP contribution in [0.25, 0.3) is 0 Å². The number of rotatable bonds is 0. The number of hydrogen-bond acceptors (Lipinski definition) is 4. The molecule has 0 radical (unpaired) electrons. The van der Waals surface area contributed by atoms with Crippen molar-refractivity contribution >= 4 is 23.2 Å². The Bertz CT molecular complexity index is 74.8. The van der Waals surface area contributed by atoms with Gasteiger partial charge < -0.3 is 5.73 Å². The zero-order valence-corrected chi connectivity index (χ0v) is 6.08. The zero-order valence-electron chi connectivity index (χ0n) is 4.57. The molecular formula is C3H8Cl2N4. The molecule has 0 aromatic carbocycles. The van der Waals surface area contributed by atoms with Gasteiger partial charge in [0.15, 0.2) is 0 Å². The summed E-state index contributed by atoms with van der Waals surface area (Å²) in [6, 6.07) is 0. The van der Waals surface area contributed by atoms with E-state index in [0.717, 1.165) is 0 Å². The maximum Gasteiger partial charge on any atom is 0.139 e. The van der Waals surface area contributed by atoms with Gasteiger partial charge in [0.2, 0.25) is 0 Å². The predicted octanol–water partition coefficient (Wildman–Crippen LogP) is -0.944. The van der Waals surface area contributed by atoms with Crippen LogP contribution in [0.3, 0.4) is 0 Å². The van der Waals surface area contributed by atoms with Gasteiger partial charge in [0.05, 0.1) is 0 Å². The zero-order chi connectivity index (χ0) is 6.85. The maximum absolute atomic E-state index is 5.58. The minimum absolute atomic E-state index is 0.337. The Hall–Kier alpha value is 0.420. The van der Waals surface area contributed by atoms with Gasteiger partial charge in [0.25, 0.3) is 0 Å². The van der Waals surface area contributed by atoms with Crippen LogP contribution in [0.5, 0.6) is 0 Å². The minimum Gasteiger partial charge on any atom is -0.303 e. The van der Waals surface area contributed by atoms with E-state index in [4.69, 9.17) is 28.9 Å². The third-order valence-corrected chi connectivity index (χ3v) is 1.45. The SMILES string of the molecule is NC1NC(Cl)NC(Cl)N1. The summed E-state index contributed by atoms with van der Waals surface area (Å²) in [4.78, 5) is 0. The van der Waals surface area contributed by atoms with Crippen molar-refractivity contribution in [3.8, 4) is 0 Å². The van der Waals surface area contributed by atoms with Gasteiger partial charge in [0.1, 0.15) is 17.5 Å². The van der Waals surface area contributed by atoms with Crippen molar-refractivity contribution in [1.29, 1.82) is 0 Å². The number of nitrogens with one attached hydrogen (secondary N) is 3. The summed E-state index contributed by atoms with van der Waals surface area (Å²) >= 11 is 11.2. The lowest BCUT2D eigenvalue weighted by molar-refractivity contribution is 0.297. The summed E-state index contributed by atoms with van der Waals surface area (Å²) in [5.41, 5.74) is 4.67. The van der Waals surface area contributed by atoms with Gasteiger partial charge in [-0.1, -0.05) is 23.2 Å². The standard InChI is InChI=1S/C3H8Cl2N4/c4-1-7-2(5)9-3(6)8-1/h1-3,7-9H,6H2. The van der Waals surface area contributed by atoms with E-state index in [9.17, 15) is 0 Å². The first-order chi connectivity index (χ1) is 4.18. The molecule has 1 heterocycles. The lowest BCUT2D eigenvalue weighted by atomic mass is 10.7. The van der Waals surface area contributed by atoms with E-state index in [1.54, 1.807) is 0 Å². The fourth-order valence-electron chi connectivity index (χ4n) is 0.588. The molecule has 0 aromatic rings. The van der Waals surface area contributed by atoms with E-state index in [0.29, 0.717) is 0 Å². The van der Waals surface area contributed by atoms with E-state index in [2.05, 4.69) is 16.0 Å². The second kappa shape index (κ2) is 3.01. The van der Waals surface area contributed by atoms with Crippen molar-refractivity contribution in [1.82, 2.24) is 16.0 Å². The van der Waals surface area contributed by atoms with E-state index >= 15 is 0 Å². The highest BCUT2D eigenvalue weighted by Crippen LogP contribution is 1.97. The third-order valence-electron chi connectivity index (χ3n) is 0.944. The normalized spacial score (nSPS) is 45.0. The highest BCUT2D eigenvalue weighted by molar-refractivity contribution is 6.23. The molecule has 0 spiro atoms. The topological polar surface area (TPSA) is 62.1 Å². The molecule has 6 heteroatoms. The van der Waals surface area contributed by atoms with Gasteiger partial charge in [-0.3, -0.25) is 16.0 Å². The summed E-state index contributed by atoms with van der Waals surface area (Å²) in [5, 5.41) is 8.23. The van der Waals surface area contributed by atoms with Crippen LogP contribution in [0.15, 0.2) is 0 Å². The molecule has 1 rings (SSSR count). The number of alkyl halides is 2. The van der Waals surface area contributed by atoms with Crippen molar-refractivity contribution in [3.05, 3.63) is 0 Å². The van der Waals surface area contributed by atoms with Crippen LogP contribution in [0.2, 0.25) is 0 Å². The molecule has 4 nitrogen and oxygen atoms in total. The Labute approximate surface area is 63.1 Å². The second-order valence-electron chi connectivity index (χ2n) is 1.70. The highest BCUT2D eigenvalue weighted by Gasteiger charge is 2.19. The summed E-state index contributed by atoms with van der Waals surface area (Å²) in [7, 11) is 0. The molecule has 1 saturated heterocycles. The summed E-state index contributed by atoms with van der Waals surface area (Å²) in [6.45, 7) is 0. The van der Waals surface area contributed by atoms with E-state index in [-0.39, 0.29) is 17.5 Å². The van der Waals surface area contributed by atoms with E-state index < -0.39 is 0 Å². The average molecular weight is 171 g/mol. The molecule has 2 atom stereocenters. The molecule has 0 saturated carbocycles. The average Bonchev–Trinajstić information content (AvgIpc) is 1.59. The molecular weight excluding hydrogens is 163 g/mol. The number of halogens is 2. The Balaban J connectivity index is 2.34. The Morgan fingerprint density at radius 3 is 1.78 bits per heavy atom. The Morgan fingerprint density at radius 2 is 1.44 bits per heavy atom. The second-order valence-corrected chi connectivity index (χ2v) is 2.58. The molecule has 54 valence electrons. The lowest BCUT2D eigenvalue weighted by Gasteiger charge is -2.30. The first-order valence-corrected chi connectivity index (χ1v) is 3.37. The first kappa shape index (κ1) is 7.53. The van der Waals surface area contributed by atoms with Crippen LogP contribution >= 0.6 is 23.2 Å². The van der Waals surface area contributed by atoms with Gasteiger partial charge >= 0.3 is 0 Å². The molecule has 0 amide bonds. The van der Waals surface area contributed by atoms with Crippen LogP contribution in [0.1, 0.15) is 0 Å². The van der Waals surface area contributed by atoms with Crippen molar-refractivity contribution in [2.75, 3.05) is 0 Å². The van der Waals surface area contributed by atoms with Gasteiger partial charge in [-0.15, -0.1) is 0 Å². The molecule has 1 aliphatic rings. The summed E-state index contributed by atoms with van der Waals surface area (Å²) in [5.74, 6) is 0. The van der Waals surface area contributed by atoms with Gasteiger partial charge in [-0.05, 0) is 0 Å². The van der Waals surface area contributed by atoms with E-state index in [1.807, 2.05) is 0 Å². The van der Waals surface area contributed by atoms with Crippen LogP contribution < -0.4 is 21.7 Å². The van der Waals surface area contributed by atoms with Crippen LogP contribution in [-0.2, 0) is 0 Å². The van der Waals surface area contributed by atoms with E-state index in [1.165, 1.54) is 0 Å². The minimum atomic E-state index is -0.358. The third kappa shape index (κ3) is 2.25. The largest absolute Gasteiger partial charge is 0.303 e.